The van der Waals surface area contributed by atoms with Gasteiger partial charge in [-0.1, -0.05) is 60.7 Å². The number of methoxy groups -OCH3 is 1. The Hall–Kier alpha value is -2.82. The first-order valence-corrected chi connectivity index (χ1v) is 9.49. The van der Waals surface area contributed by atoms with Crippen LogP contribution in [0.2, 0.25) is 0 Å². The molecule has 4 nitrogen and oxygen atoms in total. The average Bonchev–Trinajstić information content (AvgIpc) is 3.15. The summed E-state index contributed by atoms with van der Waals surface area (Å²) < 4.78 is 11.9. The molecule has 3 aromatic carbocycles. The molecule has 28 heavy (non-hydrogen) atoms. The zero-order valence-corrected chi connectivity index (χ0v) is 15.6. The van der Waals surface area contributed by atoms with Crippen LogP contribution < -0.4 is 9.47 Å². The second-order valence-electron chi connectivity index (χ2n) is 7.54. The van der Waals surface area contributed by atoms with E-state index in [2.05, 4.69) is 0 Å². The lowest BCUT2D eigenvalue weighted by Crippen LogP contribution is -2.51. The summed E-state index contributed by atoms with van der Waals surface area (Å²) in [5, 5.41) is 23.1. The van der Waals surface area contributed by atoms with Gasteiger partial charge in [-0.25, -0.2) is 0 Å². The summed E-state index contributed by atoms with van der Waals surface area (Å²) in [7, 11) is 1.62. The minimum atomic E-state index is -1.54. The zero-order chi connectivity index (χ0) is 19.4. The molecule has 1 heterocycles. The van der Waals surface area contributed by atoms with Crippen LogP contribution in [0.3, 0.4) is 0 Å². The first kappa shape index (κ1) is 17.3. The van der Waals surface area contributed by atoms with E-state index in [0.717, 1.165) is 16.9 Å². The number of para-hydroxylation sites is 1. The van der Waals surface area contributed by atoms with Gasteiger partial charge in [0.15, 0.2) is 11.2 Å². The summed E-state index contributed by atoms with van der Waals surface area (Å²) in [6.45, 7) is 0. The molecule has 1 aliphatic carbocycles. The molecule has 0 radical (unpaired) electrons. The van der Waals surface area contributed by atoms with Gasteiger partial charge in [-0.05, 0) is 35.7 Å². The summed E-state index contributed by atoms with van der Waals surface area (Å²) >= 11 is 0. The van der Waals surface area contributed by atoms with Gasteiger partial charge < -0.3 is 19.7 Å². The lowest BCUT2D eigenvalue weighted by atomic mass is 9.71. The summed E-state index contributed by atoms with van der Waals surface area (Å²) in [6.07, 6.45) is -0.551. The van der Waals surface area contributed by atoms with Crippen molar-refractivity contribution in [1.82, 2.24) is 0 Å². The van der Waals surface area contributed by atoms with Gasteiger partial charge in [0.05, 0.1) is 13.2 Å². The van der Waals surface area contributed by atoms with Crippen LogP contribution in [0.5, 0.6) is 11.5 Å². The summed E-state index contributed by atoms with van der Waals surface area (Å²) in [5.74, 6) is 1.13. The standard InChI is InChI=1S/C24H22O4/c1-27-18-13-11-17(12-14-18)24-20(16-7-3-2-4-8-16)15-22(25)23(24,26)19-9-5-6-10-21(19)28-24/h2-14,20,22,25-26H,15H2,1H3. The van der Waals surface area contributed by atoms with E-state index < -0.39 is 17.3 Å². The lowest BCUT2D eigenvalue weighted by Gasteiger charge is -2.40. The molecule has 0 aromatic heterocycles. The van der Waals surface area contributed by atoms with Crippen LogP contribution >= 0.6 is 0 Å². The Bertz CT molecular complexity index is 1000. The minimum Gasteiger partial charge on any atom is -0.497 e. The maximum absolute atomic E-state index is 12.0. The van der Waals surface area contributed by atoms with Crippen LogP contribution in [0, 0.1) is 0 Å². The molecule has 0 saturated heterocycles. The maximum atomic E-state index is 12.0. The number of benzene rings is 3. The SMILES string of the molecule is COc1ccc(C23Oc4ccccc4C2(O)C(O)CC3c2ccccc2)cc1. The van der Waals surface area contributed by atoms with Crippen LogP contribution in [0.4, 0.5) is 0 Å². The van der Waals surface area contributed by atoms with Crippen LogP contribution in [0.25, 0.3) is 0 Å². The number of fused-ring (bicyclic) bond motifs is 3. The molecule has 1 fully saturated rings. The fourth-order valence-electron chi connectivity index (χ4n) is 5.02. The van der Waals surface area contributed by atoms with Crippen molar-refractivity contribution in [3.8, 4) is 11.5 Å². The first-order chi connectivity index (χ1) is 13.6. The minimum absolute atomic E-state index is 0.213. The normalized spacial score (nSPS) is 30.4. The Morgan fingerprint density at radius 3 is 2.32 bits per heavy atom. The molecule has 142 valence electrons. The van der Waals surface area contributed by atoms with Gasteiger partial charge >= 0.3 is 0 Å². The second kappa shape index (κ2) is 6.09. The average molecular weight is 374 g/mol. The van der Waals surface area contributed by atoms with Crippen LogP contribution in [0.1, 0.15) is 29.0 Å². The third-order valence-electron chi connectivity index (χ3n) is 6.29. The molecule has 0 amide bonds. The summed E-state index contributed by atoms with van der Waals surface area (Å²) in [4.78, 5) is 0. The fourth-order valence-corrected chi connectivity index (χ4v) is 5.02. The second-order valence-corrected chi connectivity index (χ2v) is 7.54. The number of hydrogen-bond acceptors (Lipinski definition) is 4. The Morgan fingerprint density at radius 2 is 1.61 bits per heavy atom. The Labute approximate surface area is 164 Å². The van der Waals surface area contributed by atoms with Crippen molar-refractivity contribution in [3.05, 3.63) is 95.6 Å². The molecule has 2 aliphatic rings. The van der Waals surface area contributed by atoms with Crippen molar-refractivity contribution in [3.63, 3.8) is 0 Å². The third-order valence-corrected chi connectivity index (χ3v) is 6.29. The van der Waals surface area contributed by atoms with E-state index in [1.165, 1.54) is 0 Å². The molecule has 0 bridgehead atoms. The monoisotopic (exact) mass is 374 g/mol. The Kier molecular flexibility index (Phi) is 3.76. The summed E-state index contributed by atoms with van der Waals surface area (Å²) in [6, 6.07) is 25.0. The Balaban J connectivity index is 1.78. The quantitative estimate of drug-likeness (QED) is 0.734. The lowest BCUT2D eigenvalue weighted by molar-refractivity contribution is -0.149. The zero-order valence-electron chi connectivity index (χ0n) is 15.6. The molecule has 2 N–H and O–H groups in total. The smallest absolute Gasteiger partial charge is 0.176 e. The van der Waals surface area contributed by atoms with Crippen LogP contribution in [-0.4, -0.2) is 23.4 Å². The molecule has 1 saturated carbocycles. The molecule has 4 heteroatoms. The molecule has 0 spiro atoms. The van der Waals surface area contributed by atoms with Crippen LogP contribution in [0.15, 0.2) is 78.9 Å². The molecule has 4 atom stereocenters. The van der Waals surface area contributed by atoms with E-state index in [-0.39, 0.29) is 5.92 Å². The largest absolute Gasteiger partial charge is 0.497 e. The number of rotatable bonds is 3. The molecule has 4 unspecified atom stereocenters. The molecule has 5 rings (SSSR count). The van der Waals surface area contributed by atoms with E-state index in [1.807, 2.05) is 78.9 Å². The van der Waals surface area contributed by atoms with E-state index in [9.17, 15) is 10.2 Å². The first-order valence-electron chi connectivity index (χ1n) is 9.49. The van der Waals surface area contributed by atoms with Gasteiger partial charge in [-0.15, -0.1) is 0 Å². The number of hydrogen-bond donors (Lipinski definition) is 2. The van der Waals surface area contributed by atoms with Gasteiger partial charge in [0.1, 0.15) is 11.5 Å². The fraction of sp³-hybridized carbons (Fsp3) is 0.250. The van der Waals surface area contributed by atoms with Crippen molar-refractivity contribution in [2.75, 3.05) is 7.11 Å². The highest BCUT2D eigenvalue weighted by molar-refractivity contribution is 5.54. The van der Waals surface area contributed by atoms with Gasteiger partial charge in [0.2, 0.25) is 0 Å². The van der Waals surface area contributed by atoms with E-state index in [0.29, 0.717) is 17.7 Å². The highest BCUT2D eigenvalue weighted by atomic mass is 16.5. The maximum Gasteiger partial charge on any atom is 0.176 e. The molecule has 1 aliphatic heterocycles. The highest BCUT2D eigenvalue weighted by Crippen LogP contribution is 2.66. The topological polar surface area (TPSA) is 58.9 Å². The third kappa shape index (κ3) is 2.07. The van der Waals surface area contributed by atoms with E-state index >= 15 is 0 Å². The van der Waals surface area contributed by atoms with Crippen molar-refractivity contribution < 1.29 is 19.7 Å². The van der Waals surface area contributed by atoms with Crippen molar-refractivity contribution in [1.29, 1.82) is 0 Å². The molecular formula is C24H22O4. The van der Waals surface area contributed by atoms with Gasteiger partial charge in [-0.3, -0.25) is 0 Å². The number of aliphatic hydroxyl groups is 2. The molecule has 3 aromatic rings. The van der Waals surface area contributed by atoms with Crippen LogP contribution in [-0.2, 0) is 11.2 Å². The number of aliphatic hydroxyl groups excluding tert-OH is 1. The van der Waals surface area contributed by atoms with Gasteiger partial charge in [-0.2, -0.15) is 0 Å². The van der Waals surface area contributed by atoms with Gasteiger partial charge in [0, 0.05) is 11.5 Å². The molecular weight excluding hydrogens is 352 g/mol. The van der Waals surface area contributed by atoms with E-state index in [4.69, 9.17) is 9.47 Å². The van der Waals surface area contributed by atoms with Crippen molar-refractivity contribution >= 4 is 0 Å². The summed E-state index contributed by atoms with van der Waals surface area (Å²) in [5.41, 5.74) is -0.183. The van der Waals surface area contributed by atoms with Gasteiger partial charge in [0.25, 0.3) is 0 Å². The van der Waals surface area contributed by atoms with E-state index in [1.54, 1.807) is 7.11 Å². The van der Waals surface area contributed by atoms with Crippen molar-refractivity contribution in [2.24, 2.45) is 0 Å². The number of ether oxygens (including phenoxy) is 2. The van der Waals surface area contributed by atoms with Crippen molar-refractivity contribution in [2.45, 2.75) is 29.6 Å². The predicted molar refractivity (Wildman–Crippen MR) is 105 cm³/mol. The Morgan fingerprint density at radius 1 is 0.929 bits per heavy atom. The predicted octanol–water partition coefficient (Wildman–Crippen LogP) is 3.72. The highest BCUT2D eigenvalue weighted by Gasteiger charge is 2.72.